The number of hydrogen-bond donors (Lipinski definition) is 2. The molecule has 3 heteroatoms. The zero-order valence-electron chi connectivity index (χ0n) is 11.6. The van der Waals surface area contributed by atoms with Crippen molar-refractivity contribution in [3.8, 4) is 0 Å². The Bertz CT molecular complexity index is 245. The predicted octanol–water partition coefficient (Wildman–Crippen LogP) is 2.45. The van der Waals surface area contributed by atoms with Crippen LogP contribution in [-0.4, -0.2) is 18.5 Å². The lowest BCUT2D eigenvalue weighted by Gasteiger charge is -2.35. The van der Waals surface area contributed by atoms with Gasteiger partial charge in [0.25, 0.3) is 0 Å². The summed E-state index contributed by atoms with van der Waals surface area (Å²) < 4.78 is 0. The van der Waals surface area contributed by atoms with E-state index in [1.165, 1.54) is 6.42 Å². The molecule has 1 rings (SSSR count). The van der Waals surface area contributed by atoms with Crippen molar-refractivity contribution >= 4 is 5.91 Å². The van der Waals surface area contributed by atoms with Gasteiger partial charge in [-0.15, -0.1) is 0 Å². The topological polar surface area (TPSA) is 55.1 Å². The number of nitrogens with one attached hydrogen (secondary N) is 1. The number of carbonyl (C=O) groups is 1. The second-order valence-corrected chi connectivity index (χ2v) is 6.05. The van der Waals surface area contributed by atoms with Crippen LogP contribution in [0.25, 0.3) is 0 Å². The number of carbonyl (C=O) groups excluding carboxylic acids is 1. The summed E-state index contributed by atoms with van der Waals surface area (Å²) in [5.74, 6) is 0.804. The van der Waals surface area contributed by atoms with Crippen LogP contribution >= 0.6 is 0 Å². The van der Waals surface area contributed by atoms with Gasteiger partial charge in [-0.05, 0) is 32.1 Å². The van der Waals surface area contributed by atoms with E-state index in [1.54, 1.807) is 0 Å². The van der Waals surface area contributed by atoms with Crippen molar-refractivity contribution in [2.24, 2.45) is 17.1 Å². The van der Waals surface area contributed by atoms with E-state index in [-0.39, 0.29) is 17.4 Å². The van der Waals surface area contributed by atoms with Gasteiger partial charge in [0.15, 0.2) is 0 Å². The van der Waals surface area contributed by atoms with E-state index >= 15 is 0 Å². The molecule has 3 nitrogen and oxygen atoms in total. The summed E-state index contributed by atoms with van der Waals surface area (Å²) in [7, 11) is 0. The molecule has 0 saturated heterocycles. The monoisotopic (exact) mass is 240 g/mol. The van der Waals surface area contributed by atoms with Crippen LogP contribution in [0.3, 0.4) is 0 Å². The maximum absolute atomic E-state index is 12.4. The second-order valence-electron chi connectivity index (χ2n) is 6.05. The van der Waals surface area contributed by atoms with E-state index in [9.17, 15) is 4.79 Å². The molecule has 1 unspecified atom stereocenters. The quantitative estimate of drug-likeness (QED) is 0.775. The fourth-order valence-corrected chi connectivity index (χ4v) is 2.90. The van der Waals surface area contributed by atoms with E-state index in [0.29, 0.717) is 12.5 Å². The SMILES string of the molecule is CC(C)CC(C)NC(=O)C1(CN)CCCCC1. The molecule has 0 heterocycles. The van der Waals surface area contributed by atoms with Gasteiger partial charge in [0.2, 0.25) is 5.91 Å². The van der Waals surface area contributed by atoms with E-state index in [0.717, 1.165) is 32.1 Å². The van der Waals surface area contributed by atoms with Crippen molar-refractivity contribution in [3.05, 3.63) is 0 Å². The average Bonchev–Trinajstić information content (AvgIpc) is 2.28. The van der Waals surface area contributed by atoms with E-state index in [2.05, 4.69) is 26.1 Å². The highest BCUT2D eigenvalue weighted by Gasteiger charge is 2.38. The number of amides is 1. The van der Waals surface area contributed by atoms with Crippen molar-refractivity contribution in [3.63, 3.8) is 0 Å². The van der Waals surface area contributed by atoms with Crippen LogP contribution in [0.4, 0.5) is 0 Å². The molecule has 1 aliphatic rings. The smallest absolute Gasteiger partial charge is 0.227 e. The predicted molar refractivity (Wildman–Crippen MR) is 71.6 cm³/mol. The molecule has 1 atom stereocenters. The van der Waals surface area contributed by atoms with Crippen molar-refractivity contribution in [1.82, 2.24) is 5.32 Å². The molecule has 3 N–H and O–H groups in total. The van der Waals surface area contributed by atoms with Gasteiger partial charge in [0, 0.05) is 12.6 Å². The molecule has 100 valence electrons. The van der Waals surface area contributed by atoms with Gasteiger partial charge < -0.3 is 11.1 Å². The lowest BCUT2D eigenvalue weighted by atomic mass is 9.73. The fourth-order valence-electron chi connectivity index (χ4n) is 2.90. The molecule has 0 bridgehead atoms. The zero-order chi connectivity index (χ0) is 12.9. The van der Waals surface area contributed by atoms with Crippen molar-refractivity contribution in [2.45, 2.75) is 65.3 Å². The van der Waals surface area contributed by atoms with Gasteiger partial charge in [-0.2, -0.15) is 0 Å². The Balaban J connectivity index is 2.54. The molecule has 0 radical (unpaired) electrons. The van der Waals surface area contributed by atoms with Crippen molar-refractivity contribution < 1.29 is 4.79 Å². The molecular weight excluding hydrogens is 212 g/mol. The van der Waals surface area contributed by atoms with Crippen LogP contribution in [0, 0.1) is 11.3 Å². The Kier molecular flexibility index (Phi) is 5.44. The molecular formula is C14H28N2O. The third-order valence-electron chi connectivity index (χ3n) is 3.89. The molecule has 0 aromatic heterocycles. The zero-order valence-corrected chi connectivity index (χ0v) is 11.6. The Morgan fingerprint density at radius 2 is 1.82 bits per heavy atom. The molecule has 0 spiro atoms. The lowest BCUT2D eigenvalue weighted by Crippen LogP contribution is -2.49. The number of rotatable bonds is 5. The molecule has 0 aromatic carbocycles. The van der Waals surface area contributed by atoms with Crippen LogP contribution in [0.15, 0.2) is 0 Å². The second kappa shape index (κ2) is 6.39. The normalized spacial score (nSPS) is 21.2. The van der Waals surface area contributed by atoms with Gasteiger partial charge in [-0.25, -0.2) is 0 Å². The summed E-state index contributed by atoms with van der Waals surface area (Å²) in [5, 5.41) is 3.15. The third-order valence-corrected chi connectivity index (χ3v) is 3.89. The molecule has 1 saturated carbocycles. The highest BCUT2D eigenvalue weighted by molar-refractivity contribution is 5.83. The molecule has 17 heavy (non-hydrogen) atoms. The first-order chi connectivity index (χ1) is 8.00. The van der Waals surface area contributed by atoms with Gasteiger partial charge >= 0.3 is 0 Å². The maximum Gasteiger partial charge on any atom is 0.227 e. The van der Waals surface area contributed by atoms with Crippen LogP contribution in [-0.2, 0) is 4.79 Å². The van der Waals surface area contributed by atoms with Crippen LogP contribution < -0.4 is 11.1 Å². The Labute approximate surface area is 106 Å². The summed E-state index contributed by atoms with van der Waals surface area (Å²) in [5.41, 5.74) is 5.58. The lowest BCUT2D eigenvalue weighted by molar-refractivity contribution is -0.133. The minimum Gasteiger partial charge on any atom is -0.353 e. The summed E-state index contributed by atoms with van der Waals surface area (Å²) in [6.07, 6.45) is 6.49. The first kappa shape index (κ1) is 14.5. The average molecular weight is 240 g/mol. The van der Waals surface area contributed by atoms with Crippen molar-refractivity contribution in [1.29, 1.82) is 0 Å². The first-order valence-electron chi connectivity index (χ1n) is 7.01. The minimum absolute atomic E-state index is 0.188. The maximum atomic E-state index is 12.4. The summed E-state index contributed by atoms with van der Waals surface area (Å²) in [6, 6.07) is 0.257. The Hall–Kier alpha value is -0.570. The summed E-state index contributed by atoms with van der Waals surface area (Å²) in [6.45, 7) is 6.95. The van der Waals surface area contributed by atoms with E-state index in [4.69, 9.17) is 5.73 Å². The van der Waals surface area contributed by atoms with E-state index in [1.807, 2.05) is 0 Å². The van der Waals surface area contributed by atoms with Gasteiger partial charge in [0.1, 0.15) is 0 Å². The Morgan fingerprint density at radius 3 is 2.29 bits per heavy atom. The molecule has 0 aliphatic heterocycles. The number of hydrogen-bond acceptors (Lipinski definition) is 2. The van der Waals surface area contributed by atoms with Crippen LogP contribution in [0.2, 0.25) is 0 Å². The Morgan fingerprint density at radius 1 is 1.24 bits per heavy atom. The molecule has 1 fully saturated rings. The highest BCUT2D eigenvalue weighted by atomic mass is 16.2. The standard InChI is InChI=1S/C14H28N2O/c1-11(2)9-12(3)16-13(17)14(10-15)7-5-4-6-8-14/h11-12H,4-10,15H2,1-3H3,(H,16,17). The minimum atomic E-state index is -0.274. The van der Waals surface area contributed by atoms with Gasteiger partial charge in [-0.1, -0.05) is 33.1 Å². The highest BCUT2D eigenvalue weighted by Crippen LogP contribution is 2.35. The van der Waals surface area contributed by atoms with Crippen LogP contribution in [0.1, 0.15) is 59.3 Å². The summed E-state index contributed by atoms with van der Waals surface area (Å²) >= 11 is 0. The largest absolute Gasteiger partial charge is 0.353 e. The molecule has 0 aromatic rings. The first-order valence-corrected chi connectivity index (χ1v) is 7.01. The molecule has 1 amide bonds. The van der Waals surface area contributed by atoms with Crippen molar-refractivity contribution in [2.75, 3.05) is 6.54 Å². The number of nitrogens with two attached hydrogens (primary N) is 1. The summed E-state index contributed by atoms with van der Waals surface area (Å²) in [4.78, 5) is 12.4. The molecule has 1 aliphatic carbocycles. The third kappa shape index (κ3) is 3.98. The van der Waals surface area contributed by atoms with Gasteiger partial charge in [-0.3, -0.25) is 4.79 Å². The van der Waals surface area contributed by atoms with Crippen LogP contribution in [0.5, 0.6) is 0 Å². The fraction of sp³-hybridized carbons (Fsp3) is 0.929. The van der Waals surface area contributed by atoms with E-state index < -0.39 is 0 Å². The van der Waals surface area contributed by atoms with Gasteiger partial charge in [0.05, 0.1) is 5.41 Å².